The van der Waals surface area contributed by atoms with Gasteiger partial charge in [0.15, 0.2) is 5.58 Å². The molecule has 1 heterocycles. The molecule has 0 fully saturated rings. The largest absolute Gasteiger partial charge is 0.489 e. The van der Waals surface area contributed by atoms with Crippen LogP contribution in [0.3, 0.4) is 0 Å². The number of carboxylic acid groups (broad SMARTS) is 1. The monoisotopic (exact) mass is 325 g/mol. The summed E-state index contributed by atoms with van der Waals surface area (Å²) in [6, 6.07) is 5.18. The van der Waals surface area contributed by atoms with Crippen LogP contribution in [-0.2, 0) is 0 Å². The van der Waals surface area contributed by atoms with Gasteiger partial charge in [0.25, 0.3) is 6.01 Å². The van der Waals surface area contributed by atoms with Crippen LogP contribution in [0.4, 0.5) is 15.2 Å². The van der Waals surface area contributed by atoms with Crippen LogP contribution in [-0.4, -0.2) is 47.6 Å². The van der Waals surface area contributed by atoms with Crippen molar-refractivity contribution in [2.24, 2.45) is 0 Å². The zero-order valence-corrected chi connectivity index (χ0v) is 12.1. The van der Waals surface area contributed by atoms with Crippen LogP contribution in [0.5, 0.6) is 5.75 Å². The third-order valence-electron chi connectivity index (χ3n) is 2.79. The highest BCUT2D eigenvalue weighted by molar-refractivity contribution is 5.76. The molecule has 1 aromatic heterocycles. The standard InChI is InChI=1S/C14H16FN3O5/c15-6-9(7-17-14(20)21)8-22-10-1-2-11-12(5-10)23-13(18-11)16-3-4-19/h1-2,5-6,17,19H,3-4,7-8H2,(H,16,18)(H,20,21)/b9-6+. The van der Waals surface area contributed by atoms with E-state index in [-0.39, 0.29) is 31.3 Å². The van der Waals surface area contributed by atoms with Crippen LogP contribution < -0.4 is 15.4 Å². The Morgan fingerprint density at radius 3 is 3.00 bits per heavy atom. The molecule has 0 spiro atoms. The lowest BCUT2D eigenvalue weighted by atomic mass is 10.3. The Morgan fingerprint density at radius 2 is 2.30 bits per heavy atom. The zero-order valence-electron chi connectivity index (χ0n) is 12.1. The fourth-order valence-corrected chi connectivity index (χ4v) is 1.72. The van der Waals surface area contributed by atoms with Crippen LogP contribution >= 0.6 is 0 Å². The summed E-state index contributed by atoms with van der Waals surface area (Å²) in [5.74, 6) is 0.428. The molecule has 9 heteroatoms. The van der Waals surface area contributed by atoms with E-state index in [0.29, 0.717) is 29.7 Å². The molecular formula is C14H16FN3O5. The quantitative estimate of drug-likeness (QED) is 0.584. The van der Waals surface area contributed by atoms with E-state index in [9.17, 15) is 9.18 Å². The van der Waals surface area contributed by atoms with Gasteiger partial charge in [0, 0.05) is 24.7 Å². The molecule has 0 unspecified atom stereocenters. The van der Waals surface area contributed by atoms with E-state index < -0.39 is 6.09 Å². The van der Waals surface area contributed by atoms with Crippen LogP contribution in [0, 0.1) is 0 Å². The number of hydrogen-bond donors (Lipinski definition) is 4. The Balaban J connectivity index is 1.98. The Labute approximate surface area is 130 Å². The van der Waals surface area contributed by atoms with Crippen molar-refractivity contribution < 1.29 is 28.6 Å². The van der Waals surface area contributed by atoms with Crippen molar-refractivity contribution in [1.29, 1.82) is 0 Å². The number of nitrogens with one attached hydrogen (secondary N) is 2. The maximum absolute atomic E-state index is 12.7. The number of ether oxygens (including phenoxy) is 1. The molecule has 124 valence electrons. The number of anilines is 1. The molecule has 0 saturated heterocycles. The van der Waals surface area contributed by atoms with Crippen LogP contribution in [0.25, 0.3) is 11.1 Å². The van der Waals surface area contributed by atoms with Gasteiger partial charge in [0.1, 0.15) is 17.9 Å². The summed E-state index contributed by atoms with van der Waals surface area (Å²) in [7, 11) is 0. The second kappa shape index (κ2) is 7.99. The second-order valence-electron chi connectivity index (χ2n) is 4.51. The molecule has 8 nitrogen and oxygen atoms in total. The highest BCUT2D eigenvalue weighted by Gasteiger charge is 2.08. The number of aliphatic hydroxyl groups excluding tert-OH is 1. The summed E-state index contributed by atoms with van der Waals surface area (Å²) in [6.07, 6.45) is -0.935. The van der Waals surface area contributed by atoms with E-state index in [0.717, 1.165) is 0 Å². The highest BCUT2D eigenvalue weighted by atomic mass is 19.1. The number of fused-ring (bicyclic) bond motifs is 1. The zero-order chi connectivity index (χ0) is 16.7. The average Bonchev–Trinajstić information content (AvgIpc) is 2.94. The Morgan fingerprint density at radius 1 is 1.48 bits per heavy atom. The molecule has 2 aromatic rings. The van der Waals surface area contributed by atoms with Crippen molar-refractivity contribution in [3.63, 3.8) is 0 Å². The van der Waals surface area contributed by atoms with E-state index in [1.165, 1.54) is 0 Å². The van der Waals surface area contributed by atoms with E-state index >= 15 is 0 Å². The average molecular weight is 325 g/mol. The molecule has 0 aliphatic rings. The maximum atomic E-state index is 12.7. The van der Waals surface area contributed by atoms with Crippen LogP contribution in [0.2, 0.25) is 0 Å². The van der Waals surface area contributed by atoms with Crippen molar-refractivity contribution >= 4 is 23.2 Å². The normalized spacial score (nSPS) is 11.5. The summed E-state index contributed by atoms with van der Waals surface area (Å²) in [4.78, 5) is 14.5. The van der Waals surface area contributed by atoms with E-state index in [2.05, 4.69) is 15.6 Å². The number of aliphatic hydroxyl groups is 1. The summed E-state index contributed by atoms with van der Waals surface area (Å²) >= 11 is 0. The van der Waals surface area contributed by atoms with Crippen molar-refractivity contribution in [1.82, 2.24) is 10.3 Å². The highest BCUT2D eigenvalue weighted by Crippen LogP contribution is 2.24. The fourth-order valence-electron chi connectivity index (χ4n) is 1.72. The van der Waals surface area contributed by atoms with Gasteiger partial charge in [-0.05, 0) is 12.1 Å². The number of rotatable bonds is 8. The molecule has 4 N–H and O–H groups in total. The minimum Gasteiger partial charge on any atom is -0.489 e. The van der Waals surface area contributed by atoms with Crippen molar-refractivity contribution in [2.45, 2.75) is 0 Å². The maximum Gasteiger partial charge on any atom is 0.404 e. The van der Waals surface area contributed by atoms with Crippen LogP contribution in [0.15, 0.2) is 34.5 Å². The SMILES string of the molecule is O=C(O)NC/C(=C\F)COc1ccc2nc(NCCO)oc2c1. The van der Waals surface area contributed by atoms with Gasteiger partial charge in [-0.25, -0.2) is 9.18 Å². The fraction of sp³-hybridized carbons (Fsp3) is 0.286. The summed E-state index contributed by atoms with van der Waals surface area (Å²) in [5.41, 5.74) is 1.22. The first-order valence-electron chi connectivity index (χ1n) is 6.75. The topological polar surface area (TPSA) is 117 Å². The van der Waals surface area contributed by atoms with Gasteiger partial charge < -0.3 is 30.0 Å². The number of hydrogen-bond acceptors (Lipinski definition) is 6. The van der Waals surface area contributed by atoms with Gasteiger partial charge >= 0.3 is 6.09 Å². The van der Waals surface area contributed by atoms with Gasteiger partial charge in [0.2, 0.25) is 0 Å². The number of carbonyl (C=O) groups is 1. The molecule has 0 atom stereocenters. The van der Waals surface area contributed by atoms with Crippen molar-refractivity contribution in [3.8, 4) is 5.75 Å². The smallest absolute Gasteiger partial charge is 0.404 e. The minimum absolute atomic E-state index is 0.0458. The molecule has 0 bridgehead atoms. The van der Waals surface area contributed by atoms with Gasteiger partial charge in [-0.1, -0.05) is 0 Å². The first-order valence-corrected chi connectivity index (χ1v) is 6.75. The lowest BCUT2D eigenvalue weighted by Gasteiger charge is -2.08. The third kappa shape index (κ3) is 4.85. The summed E-state index contributed by atoms with van der Waals surface area (Å²) < 4.78 is 23.5. The van der Waals surface area contributed by atoms with Crippen LogP contribution in [0.1, 0.15) is 0 Å². The Kier molecular flexibility index (Phi) is 5.75. The van der Waals surface area contributed by atoms with Gasteiger partial charge in [0.05, 0.1) is 12.9 Å². The molecule has 0 aliphatic carbocycles. The Hall–Kier alpha value is -2.81. The number of halogens is 1. The number of amides is 1. The van der Waals surface area contributed by atoms with Gasteiger partial charge in [-0.3, -0.25) is 0 Å². The second-order valence-corrected chi connectivity index (χ2v) is 4.51. The lowest BCUT2D eigenvalue weighted by Crippen LogP contribution is -2.25. The lowest BCUT2D eigenvalue weighted by molar-refractivity contribution is 0.195. The molecule has 0 aliphatic heterocycles. The summed E-state index contributed by atoms with van der Waals surface area (Å²) in [6.45, 7) is 0.00484. The predicted molar refractivity (Wildman–Crippen MR) is 80.3 cm³/mol. The Bertz CT molecular complexity index is 701. The van der Waals surface area contributed by atoms with E-state index in [1.54, 1.807) is 18.2 Å². The number of oxazole rings is 1. The minimum atomic E-state index is -1.24. The number of benzene rings is 1. The van der Waals surface area contributed by atoms with Gasteiger partial charge in [-0.2, -0.15) is 4.98 Å². The molecule has 2 rings (SSSR count). The third-order valence-corrected chi connectivity index (χ3v) is 2.79. The molecule has 1 amide bonds. The molecule has 0 radical (unpaired) electrons. The van der Waals surface area contributed by atoms with E-state index in [1.807, 2.05) is 0 Å². The van der Waals surface area contributed by atoms with Crippen molar-refractivity contribution in [2.75, 3.05) is 31.6 Å². The van der Waals surface area contributed by atoms with Crippen molar-refractivity contribution in [3.05, 3.63) is 30.1 Å². The molecular weight excluding hydrogens is 309 g/mol. The molecule has 1 aromatic carbocycles. The number of nitrogens with zero attached hydrogens (tertiary/aromatic N) is 1. The first kappa shape index (κ1) is 16.6. The first-order chi connectivity index (χ1) is 11.1. The molecule has 0 saturated carbocycles. The summed E-state index contributed by atoms with van der Waals surface area (Å²) in [5, 5.41) is 22.1. The number of aromatic nitrogens is 1. The molecule has 23 heavy (non-hydrogen) atoms. The predicted octanol–water partition coefficient (Wildman–Crippen LogP) is 1.73. The van der Waals surface area contributed by atoms with Gasteiger partial charge in [-0.15, -0.1) is 0 Å². The van der Waals surface area contributed by atoms with E-state index in [4.69, 9.17) is 19.4 Å².